The van der Waals surface area contributed by atoms with Gasteiger partial charge in [-0.15, -0.1) is 0 Å². The molecule has 1 aromatic rings. The van der Waals surface area contributed by atoms with Crippen molar-refractivity contribution in [2.45, 2.75) is 0 Å². The van der Waals surface area contributed by atoms with Crippen LogP contribution in [0.25, 0.3) is 0 Å². The fourth-order valence-corrected chi connectivity index (χ4v) is 2.00. The van der Waals surface area contributed by atoms with Crippen LogP contribution in [0.5, 0.6) is 0 Å². The average Bonchev–Trinajstić information content (AvgIpc) is 2.14. The number of ether oxygens (including phenoxy) is 1. The lowest BCUT2D eigenvalue weighted by atomic mass is 10.3. The van der Waals surface area contributed by atoms with Crippen molar-refractivity contribution in [3.05, 3.63) is 24.3 Å². The van der Waals surface area contributed by atoms with E-state index < -0.39 is 10.0 Å². The van der Waals surface area contributed by atoms with E-state index in [-0.39, 0.29) is 12.4 Å². The minimum absolute atomic E-state index is 0.0711. The van der Waals surface area contributed by atoms with Gasteiger partial charge in [0.2, 0.25) is 10.0 Å². The molecule has 0 heterocycles. The van der Waals surface area contributed by atoms with Gasteiger partial charge in [0.15, 0.2) is 0 Å². The van der Waals surface area contributed by atoms with E-state index in [1.54, 1.807) is 24.3 Å². The Morgan fingerprint density at radius 2 is 2.20 bits per heavy atom. The molecule has 0 fully saturated rings. The highest BCUT2D eigenvalue weighted by molar-refractivity contribution is 7.92. The van der Waals surface area contributed by atoms with Gasteiger partial charge in [0.25, 0.3) is 0 Å². The molecular weight excluding hydrogens is 216 g/mol. The van der Waals surface area contributed by atoms with Gasteiger partial charge >= 0.3 is 0 Å². The Morgan fingerprint density at radius 3 is 2.80 bits per heavy atom. The van der Waals surface area contributed by atoms with E-state index >= 15 is 0 Å². The van der Waals surface area contributed by atoms with Crippen molar-refractivity contribution in [1.29, 1.82) is 0 Å². The van der Waals surface area contributed by atoms with E-state index in [0.717, 1.165) is 0 Å². The fraction of sp³-hybridized carbons (Fsp3) is 0.333. The van der Waals surface area contributed by atoms with Gasteiger partial charge in [-0.05, 0) is 18.2 Å². The maximum Gasteiger partial charge on any atom is 0.235 e. The topological polar surface area (TPSA) is 81.4 Å². The minimum Gasteiger partial charge on any atom is -0.399 e. The van der Waals surface area contributed by atoms with Crippen LogP contribution < -0.4 is 10.5 Å². The van der Waals surface area contributed by atoms with E-state index in [0.29, 0.717) is 11.4 Å². The van der Waals surface area contributed by atoms with Gasteiger partial charge < -0.3 is 10.5 Å². The Balaban J connectivity index is 2.69. The number of methoxy groups -OCH3 is 1. The van der Waals surface area contributed by atoms with Crippen LogP contribution in [0.2, 0.25) is 0 Å². The number of hydrogen-bond acceptors (Lipinski definition) is 4. The summed E-state index contributed by atoms with van der Waals surface area (Å²) in [5, 5.41) is 0. The molecule has 0 unspecified atom stereocenters. The van der Waals surface area contributed by atoms with E-state index in [9.17, 15) is 8.42 Å². The third kappa shape index (κ3) is 4.18. The van der Waals surface area contributed by atoms with Gasteiger partial charge in [-0.2, -0.15) is 0 Å². The number of sulfonamides is 1. The van der Waals surface area contributed by atoms with Gasteiger partial charge in [0.1, 0.15) is 0 Å². The molecule has 0 aromatic heterocycles. The Bertz CT molecular complexity index is 417. The first-order chi connectivity index (χ1) is 7.03. The third-order valence-corrected chi connectivity index (χ3v) is 2.97. The minimum atomic E-state index is -3.34. The molecule has 0 aliphatic carbocycles. The van der Waals surface area contributed by atoms with Crippen LogP contribution in [0.3, 0.4) is 0 Å². The molecule has 84 valence electrons. The summed E-state index contributed by atoms with van der Waals surface area (Å²) in [7, 11) is -1.89. The first-order valence-electron chi connectivity index (χ1n) is 4.38. The van der Waals surface area contributed by atoms with Crippen molar-refractivity contribution in [3.8, 4) is 0 Å². The standard InChI is InChI=1S/C9H14N2O3S/c1-14-5-6-15(12,13)11-9-4-2-3-8(10)7-9/h2-4,7,11H,5-6,10H2,1H3. The van der Waals surface area contributed by atoms with E-state index in [2.05, 4.69) is 4.72 Å². The lowest BCUT2D eigenvalue weighted by molar-refractivity contribution is 0.217. The van der Waals surface area contributed by atoms with Crippen molar-refractivity contribution in [2.75, 3.05) is 29.9 Å². The Labute approximate surface area is 89.3 Å². The van der Waals surface area contributed by atoms with Crippen LogP contribution in [-0.4, -0.2) is 27.9 Å². The van der Waals surface area contributed by atoms with Crippen LogP contribution in [0, 0.1) is 0 Å². The van der Waals surface area contributed by atoms with Crippen LogP contribution in [0.1, 0.15) is 0 Å². The highest BCUT2D eigenvalue weighted by atomic mass is 32.2. The molecule has 0 bridgehead atoms. The molecule has 0 aliphatic heterocycles. The number of nitrogen functional groups attached to an aromatic ring is 1. The molecule has 3 N–H and O–H groups in total. The van der Waals surface area contributed by atoms with Gasteiger partial charge in [0.05, 0.1) is 18.0 Å². The van der Waals surface area contributed by atoms with E-state index in [1.165, 1.54) is 7.11 Å². The zero-order chi connectivity index (χ0) is 11.3. The summed E-state index contributed by atoms with van der Waals surface area (Å²) in [6.07, 6.45) is 0. The number of hydrogen-bond donors (Lipinski definition) is 2. The number of anilines is 2. The fourth-order valence-electron chi connectivity index (χ4n) is 1.03. The van der Waals surface area contributed by atoms with Crippen molar-refractivity contribution in [1.82, 2.24) is 0 Å². The maximum absolute atomic E-state index is 11.4. The molecular formula is C9H14N2O3S. The predicted octanol–water partition coefficient (Wildman–Crippen LogP) is 0.657. The normalized spacial score (nSPS) is 11.3. The van der Waals surface area contributed by atoms with E-state index in [4.69, 9.17) is 10.5 Å². The SMILES string of the molecule is COCCS(=O)(=O)Nc1cccc(N)c1. The first-order valence-corrected chi connectivity index (χ1v) is 6.04. The smallest absolute Gasteiger partial charge is 0.235 e. The Hall–Kier alpha value is -1.27. The number of rotatable bonds is 5. The summed E-state index contributed by atoms with van der Waals surface area (Å²) >= 11 is 0. The second-order valence-corrected chi connectivity index (χ2v) is 4.88. The number of benzene rings is 1. The number of nitrogens with one attached hydrogen (secondary N) is 1. The second-order valence-electron chi connectivity index (χ2n) is 3.04. The van der Waals surface area contributed by atoms with Crippen LogP contribution in [-0.2, 0) is 14.8 Å². The molecule has 0 radical (unpaired) electrons. The van der Waals surface area contributed by atoms with Crippen molar-refractivity contribution in [2.24, 2.45) is 0 Å². The first kappa shape index (κ1) is 11.8. The maximum atomic E-state index is 11.4. The summed E-state index contributed by atoms with van der Waals surface area (Å²) in [6.45, 7) is 0.164. The summed E-state index contributed by atoms with van der Waals surface area (Å²) in [4.78, 5) is 0. The summed E-state index contributed by atoms with van der Waals surface area (Å²) in [5.74, 6) is -0.0711. The molecule has 1 rings (SSSR count). The Morgan fingerprint density at radius 1 is 1.47 bits per heavy atom. The van der Waals surface area contributed by atoms with Gasteiger partial charge in [-0.25, -0.2) is 8.42 Å². The molecule has 15 heavy (non-hydrogen) atoms. The van der Waals surface area contributed by atoms with Gasteiger partial charge in [0, 0.05) is 12.8 Å². The molecule has 5 nitrogen and oxygen atoms in total. The largest absolute Gasteiger partial charge is 0.399 e. The molecule has 0 amide bonds. The Kier molecular flexibility index (Phi) is 3.93. The van der Waals surface area contributed by atoms with Crippen molar-refractivity contribution >= 4 is 21.4 Å². The predicted molar refractivity (Wildman–Crippen MR) is 60.1 cm³/mol. The van der Waals surface area contributed by atoms with Crippen LogP contribution in [0.15, 0.2) is 24.3 Å². The molecule has 1 aromatic carbocycles. The van der Waals surface area contributed by atoms with Crippen molar-refractivity contribution < 1.29 is 13.2 Å². The molecule has 0 atom stereocenters. The average molecular weight is 230 g/mol. The highest BCUT2D eigenvalue weighted by Crippen LogP contribution is 2.13. The van der Waals surface area contributed by atoms with Crippen molar-refractivity contribution in [3.63, 3.8) is 0 Å². The number of nitrogens with two attached hydrogens (primary N) is 1. The monoisotopic (exact) mass is 230 g/mol. The third-order valence-electron chi connectivity index (χ3n) is 1.72. The molecule has 6 heteroatoms. The lowest BCUT2D eigenvalue weighted by Crippen LogP contribution is -2.19. The lowest BCUT2D eigenvalue weighted by Gasteiger charge is -2.07. The van der Waals surface area contributed by atoms with Gasteiger partial charge in [-0.1, -0.05) is 6.07 Å². The zero-order valence-corrected chi connectivity index (χ0v) is 9.25. The summed E-state index contributed by atoms with van der Waals surface area (Å²) in [6, 6.07) is 6.57. The summed E-state index contributed by atoms with van der Waals surface area (Å²) in [5.41, 5.74) is 6.50. The zero-order valence-electron chi connectivity index (χ0n) is 8.43. The second kappa shape index (κ2) is 4.99. The molecule has 0 spiro atoms. The molecule has 0 aliphatic rings. The van der Waals surface area contributed by atoms with Crippen LogP contribution in [0.4, 0.5) is 11.4 Å². The molecule has 0 saturated carbocycles. The van der Waals surface area contributed by atoms with E-state index in [1.807, 2.05) is 0 Å². The van der Waals surface area contributed by atoms with Crippen LogP contribution >= 0.6 is 0 Å². The molecule has 0 saturated heterocycles. The van der Waals surface area contributed by atoms with Gasteiger partial charge in [-0.3, -0.25) is 4.72 Å². The highest BCUT2D eigenvalue weighted by Gasteiger charge is 2.09. The summed E-state index contributed by atoms with van der Waals surface area (Å²) < 4.78 is 30.0. The quantitative estimate of drug-likeness (QED) is 0.728.